The van der Waals surface area contributed by atoms with E-state index in [4.69, 9.17) is 5.11 Å². The van der Waals surface area contributed by atoms with Crippen molar-refractivity contribution in [2.24, 2.45) is 11.8 Å². The predicted octanol–water partition coefficient (Wildman–Crippen LogP) is 2.34. The molecule has 1 aliphatic carbocycles. The molecule has 1 saturated carbocycles. The van der Waals surface area contributed by atoms with Gasteiger partial charge in [0.15, 0.2) is 0 Å². The number of carboxylic acid groups (broad SMARTS) is 1. The van der Waals surface area contributed by atoms with Crippen molar-refractivity contribution in [2.75, 3.05) is 18.5 Å². The second kappa shape index (κ2) is 6.02. The lowest BCUT2D eigenvalue weighted by molar-refractivity contribution is 0.0697. The summed E-state index contributed by atoms with van der Waals surface area (Å²) in [4.78, 5) is 11.0. The van der Waals surface area contributed by atoms with E-state index in [9.17, 15) is 14.3 Å². The van der Waals surface area contributed by atoms with E-state index in [-0.39, 0.29) is 29.7 Å². The fourth-order valence-electron chi connectivity index (χ4n) is 2.74. The SMILES string of the molecule is O=C(O)c1cccc(F)c1NCC1CCCC1CO. The summed E-state index contributed by atoms with van der Waals surface area (Å²) in [5, 5.41) is 21.2. The highest BCUT2D eigenvalue weighted by molar-refractivity contribution is 5.94. The van der Waals surface area contributed by atoms with Crippen LogP contribution in [0.1, 0.15) is 29.6 Å². The molecule has 1 aromatic rings. The topological polar surface area (TPSA) is 69.6 Å². The number of anilines is 1. The molecule has 0 spiro atoms. The molecule has 4 nitrogen and oxygen atoms in total. The maximum Gasteiger partial charge on any atom is 0.337 e. The number of benzene rings is 1. The third kappa shape index (κ3) is 3.04. The Bertz CT molecular complexity index is 464. The molecule has 2 rings (SSSR count). The normalized spacial score (nSPS) is 22.4. The van der Waals surface area contributed by atoms with Gasteiger partial charge in [-0.15, -0.1) is 0 Å². The molecule has 0 amide bonds. The van der Waals surface area contributed by atoms with Crippen molar-refractivity contribution in [3.63, 3.8) is 0 Å². The summed E-state index contributed by atoms with van der Waals surface area (Å²) in [6.45, 7) is 0.627. The van der Waals surface area contributed by atoms with Gasteiger partial charge in [0.25, 0.3) is 0 Å². The van der Waals surface area contributed by atoms with E-state index in [1.165, 1.54) is 18.2 Å². The number of aliphatic hydroxyl groups is 1. The largest absolute Gasteiger partial charge is 0.478 e. The van der Waals surface area contributed by atoms with Gasteiger partial charge in [0.2, 0.25) is 0 Å². The molecular formula is C14H18FNO3. The first kappa shape index (κ1) is 13.8. The van der Waals surface area contributed by atoms with Gasteiger partial charge in [-0.3, -0.25) is 0 Å². The predicted molar refractivity (Wildman–Crippen MR) is 69.8 cm³/mol. The Labute approximate surface area is 111 Å². The van der Waals surface area contributed by atoms with Gasteiger partial charge in [-0.2, -0.15) is 0 Å². The van der Waals surface area contributed by atoms with E-state index in [0.717, 1.165) is 19.3 Å². The van der Waals surface area contributed by atoms with Crippen molar-refractivity contribution in [3.8, 4) is 0 Å². The van der Waals surface area contributed by atoms with E-state index >= 15 is 0 Å². The molecule has 1 aliphatic rings. The van der Waals surface area contributed by atoms with Gasteiger partial charge < -0.3 is 15.5 Å². The number of para-hydroxylation sites is 1. The molecular weight excluding hydrogens is 249 g/mol. The lowest BCUT2D eigenvalue weighted by Gasteiger charge is -2.19. The Morgan fingerprint density at radius 1 is 1.37 bits per heavy atom. The second-order valence-electron chi connectivity index (χ2n) is 4.98. The number of hydrogen-bond donors (Lipinski definition) is 3. The fourth-order valence-corrected chi connectivity index (χ4v) is 2.74. The highest BCUT2D eigenvalue weighted by Gasteiger charge is 2.27. The van der Waals surface area contributed by atoms with Crippen molar-refractivity contribution < 1.29 is 19.4 Å². The minimum absolute atomic E-state index is 0.0404. The summed E-state index contributed by atoms with van der Waals surface area (Å²) in [7, 11) is 0. The zero-order chi connectivity index (χ0) is 13.8. The van der Waals surface area contributed by atoms with Gasteiger partial charge >= 0.3 is 5.97 Å². The summed E-state index contributed by atoms with van der Waals surface area (Å²) in [5.41, 5.74) is -0.0165. The summed E-state index contributed by atoms with van der Waals surface area (Å²) in [6.07, 6.45) is 3.02. The number of hydrogen-bond acceptors (Lipinski definition) is 3. The Kier molecular flexibility index (Phi) is 4.37. The number of carboxylic acids is 1. The first-order valence-corrected chi connectivity index (χ1v) is 6.50. The molecule has 0 aliphatic heterocycles. The molecule has 1 fully saturated rings. The van der Waals surface area contributed by atoms with Crippen LogP contribution in [0.15, 0.2) is 18.2 Å². The molecule has 0 saturated heterocycles. The Hall–Kier alpha value is -1.62. The number of rotatable bonds is 5. The number of nitrogens with one attached hydrogen (secondary N) is 1. The van der Waals surface area contributed by atoms with E-state index in [1.54, 1.807) is 0 Å². The van der Waals surface area contributed by atoms with Crippen LogP contribution in [0.4, 0.5) is 10.1 Å². The molecule has 19 heavy (non-hydrogen) atoms. The number of aromatic carboxylic acids is 1. The van der Waals surface area contributed by atoms with Gasteiger partial charge in [-0.05, 0) is 36.8 Å². The van der Waals surface area contributed by atoms with Gasteiger partial charge in [-0.25, -0.2) is 9.18 Å². The Morgan fingerprint density at radius 3 is 2.79 bits per heavy atom. The molecule has 5 heteroatoms. The van der Waals surface area contributed by atoms with Crippen molar-refractivity contribution >= 4 is 11.7 Å². The number of carbonyl (C=O) groups is 1. The molecule has 1 aromatic carbocycles. The zero-order valence-electron chi connectivity index (χ0n) is 10.6. The van der Waals surface area contributed by atoms with Crippen LogP contribution in [-0.4, -0.2) is 29.3 Å². The second-order valence-corrected chi connectivity index (χ2v) is 4.98. The highest BCUT2D eigenvalue weighted by Crippen LogP contribution is 2.32. The number of aliphatic hydroxyl groups excluding tert-OH is 1. The molecule has 2 unspecified atom stereocenters. The standard InChI is InChI=1S/C14H18FNO3/c15-12-6-2-5-11(14(18)19)13(12)16-7-9-3-1-4-10(9)8-17/h2,5-6,9-10,16-17H,1,3-4,7-8H2,(H,18,19). The molecule has 104 valence electrons. The zero-order valence-corrected chi connectivity index (χ0v) is 10.6. The van der Waals surface area contributed by atoms with Crippen LogP contribution in [0.3, 0.4) is 0 Å². The Balaban J connectivity index is 2.09. The van der Waals surface area contributed by atoms with Crippen LogP contribution in [0, 0.1) is 17.7 Å². The van der Waals surface area contributed by atoms with Gasteiger partial charge in [-0.1, -0.05) is 12.5 Å². The molecule has 2 atom stereocenters. The molecule has 0 heterocycles. The van der Waals surface area contributed by atoms with Crippen molar-refractivity contribution in [1.29, 1.82) is 0 Å². The van der Waals surface area contributed by atoms with Crippen LogP contribution in [0.2, 0.25) is 0 Å². The van der Waals surface area contributed by atoms with E-state index < -0.39 is 11.8 Å². The smallest absolute Gasteiger partial charge is 0.337 e. The summed E-state index contributed by atoms with van der Waals surface area (Å²) >= 11 is 0. The average molecular weight is 267 g/mol. The van der Waals surface area contributed by atoms with Gasteiger partial charge in [0.05, 0.1) is 11.3 Å². The highest BCUT2D eigenvalue weighted by atomic mass is 19.1. The maximum absolute atomic E-state index is 13.7. The monoisotopic (exact) mass is 267 g/mol. The van der Waals surface area contributed by atoms with Crippen molar-refractivity contribution in [1.82, 2.24) is 0 Å². The summed E-state index contributed by atoms with van der Waals surface area (Å²) < 4.78 is 13.7. The van der Waals surface area contributed by atoms with Crippen LogP contribution in [0.25, 0.3) is 0 Å². The molecule has 0 bridgehead atoms. The van der Waals surface area contributed by atoms with Crippen molar-refractivity contribution in [2.45, 2.75) is 19.3 Å². The minimum atomic E-state index is -1.15. The van der Waals surface area contributed by atoms with Gasteiger partial charge in [0, 0.05) is 13.2 Å². The summed E-state index contributed by atoms with van der Waals surface area (Å²) in [5.74, 6) is -1.20. The lowest BCUT2D eigenvalue weighted by Crippen LogP contribution is -2.22. The lowest BCUT2D eigenvalue weighted by atomic mass is 9.97. The van der Waals surface area contributed by atoms with Crippen molar-refractivity contribution in [3.05, 3.63) is 29.6 Å². The molecule has 0 aromatic heterocycles. The van der Waals surface area contributed by atoms with E-state index in [1.807, 2.05) is 0 Å². The Morgan fingerprint density at radius 2 is 2.11 bits per heavy atom. The summed E-state index contributed by atoms with van der Waals surface area (Å²) in [6, 6.07) is 4.01. The van der Waals surface area contributed by atoms with E-state index in [2.05, 4.69) is 5.32 Å². The quantitative estimate of drug-likeness (QED) is 0.766. The average Bonchev–Trinajstić information content (AvgIpc) is 2.84. The van der Waals surface area contributed by atoms with Crippen LogP contribution in [0.5, 0.6) is 0 Å². The van der Waals surface area contributed by atoms with E-state index in [0.29, 0.717) is 6.54 Å². The maximum atomic E-state index is 13.7. The third-order valence-corrected chi connectivity index (χ3v) is 3.84. The van der Waals surface area contributed by atoms with Crippen LogP contribution < -0.4 is 5.32 Å². The first-order chi connectivity index (χ1) is 9.13. The fraction of sp³-hybridized carbons (Fsp3) is 0.500. The minimum Gasteiger partial charge on any atom is -0.478 e. The molecule has 0 radical (unpaired) electrons. The first-order valence-electron chi connectivity index (χ1n) is 6.50. The van der Waals surface area contributed by atoms with Crippen LogP contribution in [-0.2, 0) is 0 Å². The third-order valence-electron chi connectivity index (χ3n) is 3.84. The van der Waals surface area contributed by atoms with Crippen LogP contribution >= 0.6 is 0 Å². The van der Waals surface area contributed by atoms with Gasteiger partial charge in [0.1, 0.15) is 5.82 Å². The molecule has 3 N–H and O–H groups in total. The number of halogens is 1.